The molecule has 2 aromatic rings. The molecule has 0 unspecified atom stereocenters. The lowest BCUT2D eigenvalue weighted by atomic mass is 9.86. The Hall–Kier alpha value is -2.68. The Labute approximate surface area is 235 Å². The molecule has 1 saturated carbocycles. The molecule has 0 spiro atoms. The van der Waals surface area contributed by atoms with Gasteiger partial charge in [0.2, 0.25) is 5.92 Å². The second-order valence-electron chi connectivity index (χ2n) is 11.4. The lowest BCUT2D eigenvalue weighted by molar-refractivity contribution is -0.0387. The van der Waals surface area contributed by atoms with Gasteiger partial charge in [0.15, 0.2) is 0 Å². The molecule has 0 bridgehead atoms. The molecule has 10 nitrogen and oxygen atoms in total. The summed E-state index contributed by atoms with van der Waals surface area (Å²) in [7, 11) is -5.24. The topological polar surface area (TPSA) is 137 Å². The van der Waals surface area contributed by atoms with Crippen LogP contribution in [-0.2, 0) is 10.2 Å². The minimum atomic E-state index is -3.91. The van der Waals surface area contributed by atoms with Gasteiger partial charge in [-0.05, 0) is 50.1 Å². The van der Waals surface area contributed by atoms with Gasteiger partial charge in [-0.3, -0.25) is 9.52 Å². The van der Waals surface area contributed by atoms with Crippen LogP contribution in [0.4, 0.5) is 26.0 Å². The summed E-state index contributed by atoms with van der Waals surface area (Å²) in [6.07, 6.45) is 0.155. The van der Waals surface area contributed by atoms with Crippen molar-refractivity contribution in [2.75, 3.05) is 41.2 Å². The molecule has 0 atom stereocenters. The minimum Gasteiger partial charge on any atom is -0.395 e. The molecule has 1 aromatic carbocycles. The van der Waals surface area contributed by atoms with Crippen molar-refractivity contribution in [3.05, 3.63) is 41.3 Å². The largest absolute Gasteiger partial charge is 0.395 e. The highest BCUT2D eigenvalue weighted by atomic mass is 32.2. The first kappa shape index (κ1) is 30.3. The van der Waals surface area contributed by atoms with E-state index >= 15 is 0 Å². The quantitative estimate of drug-likeness (QED) is 0.320. The molecule has 2 fully saturated rings. The van der Waals surface area contributed by atoms with Crippen molar-refractivity contribution in [2.24, 2.45) is 0 Å². The van der Waals surface area contributed by atoms with Gasteiger partial charge in [0.25, 0.3) is 16.1 Å². The van der Waals surface area contributed by atoms with Gasteiger partial charge in [0.1, 0.15) is 11.6 Å². The maximum atomic E-state index is 13.7. The van der Waals surface area contributed by atoms with Gasteiger partial charge < -0.3 is 15.3 Å². The third kappa shape index (κ3) is 7.95. The summed E-state index contributed by atoms with van der Waals surface area (Å²) in [5.74, 6) is -2.52. The number of aryl methyl sites for hydroxylation is 1. The Bertz CT molecular complexity index is 1320. The highest BCUT2D eigenvalue weighted by molar-refractivity contribution is 7.90. The second-order valence-corrected chi connectivity index (χ2v) is 18.3. The summed E-state index contributed by atoms with van der Waals surface area (Å²) >= 11 is 0. The van der Waals surface area contributed by atoms with Gasteiger partial charge in [0, 0.05) is 50.2 Å². The molecule has 4 N–H and O–H groups in total. The first-order valence-corrected chi connectivity index (χ1v) is 18.5. The molecule has 4 rings (SSSR count). The molecule has 1 aromatic heterocycles. The average molecular weight is 597 g/mol. The van der Waals surface area contributed by atoms with Crippen LogP contribution in [0.15, 0.2) is 24.3 Å². The Balaban J connectivity index is 1.59. The van der Waals surface area contributed by atoms with E-state index < -0.39 is 30.1 Å². The van der Waals surface area contributed by atoms with Crippen molar-refractivity contribution in [2.45, 2.75) is 69.6 Å². The zero-order chi connectivity index (χ0) is 29.1. The molecule has 2 heterocycles. The third-order valence-electron chi connectivity index (χ3n) is 7.55. The highest BCUT2D eigenvalue weighted by Crippen LogP contribution is 2.40. The summed E-state index contributed by atoms with van der Waals surface area (Å²) in [6.45, 7) is 7.47. The Morgan fingerprint density at radius 2 is 1.82 bits per heavy atom. The maximum Gasteiger partial charge on any atom is 0.299 e. The fraction of sp³-hybridized carbons (Fsp3) is 0.577. The van der Waals surface area contributed by atoms with E-state index in [2.05, 4.69) is 42.7 Å². The van der Waals surface area contributed by atoms with Crippen LogP contribution in [-0.4, -0.2) is 69.6 Å². The lowest BCUT2D eigenvalue weighted by Gasteiger charge is -2.38. The molecule has 1 amide bonds. The predicted molar refractivity (Wildman–Crippen MR) is 154 cm³/mol. The Morgan fingerprint density at radius 3 is 2.48 bits per heavy atom. The van der Waals surface area contributed by atoms with E-state index in [0.717, 1.165) is 25.2 Å². The Kier molecular flexibility index (Phi) is 9.12. The van der Waals surface area contributed by atoms with Gasteiger partial charge in [-0.2, -0.15) is 13.1 Å². The number of hydrogen-bond acceptors (Lipinski definition) is 7. The summed E-state index contributed by atoms with van der Waals surface area (Å²) in [5, 5.41) is 11.8. The van der Waals surface area contributed by atoms with Crippen molar-refractivity contribution in [1.29, 1.82) is 0 Å². The van der Waals surface area contributed by atoms with E-state index in [1.165, 1.54) is 6.07 Å². The number of carbonyl (C=O) groups excluding carboxylic acids is 1. The molecule has 1 aliphatic carbocycles. The molecule has 14 heteroatoms. The zero-order valence-electron chi connectivity index (χ0n) is 23.1. The molecular weight excluding hydrogens is 558 g/mol. The van der Waals surface area contributed by atoms with E-state index in [0.29, 0.717) is 28.6 Å². The van der Waals surface area contributed by atoms with Crippen LogP contribution >= 0.6 is 0 Å². The van der Waals surface area contributed by atoms with E-state index in [4.69, 9.17) is 5.11 Å². The smallest absolute Gasteiger partial charge is 0.299 e. The number of amides is 1. The monoisotopic (exact) mass is 596 g/mol. The molecule has 0 radical (unpaired) electrons. The second kappa shape index (κ2) is 12.0. The average Bonchev–Trinajstić information content (AvgIpc) is 2.87. The van der Waals surface area contributed by atoms with Crippen molar-refractivity contribution in [3.8, 4) is 0 Å². The molecule has 1 aliphatic heterocycles. The maximum absolute atomic E-state index is 13.7. The number of rotatable bonds is 9. The van der Waals surface area contributed by atoms with Crippen LogP contribution in [0.3, 0.4) is 0 Å². The Morgan fingerprint density at radius 1 is 1.15 bits per heavy atom. The van der Waals surface area contributed by atoms with Gasteiger partial charge in [-0.25, -0.2) is 18.7 Å². The number of hydrogen-bond donors (Lipinski definition) is 4. The molecular formula is C26H38F2N6O4SSi. The summed E-state index contributed by atoms with van der Waals surface area (Å²) in [6, 6.07) is 8.45. The van der Waals surface area contributed by atoms with E-state index in [-0.39, 0.29) is 50.4 Å². The summed E-state index contributed by atoms with van der Waals surface area (Å²) in [4.78, 5) is 24.6. The number of alkyl halides is 2. The number of anilines is 3. The summed E-state index contributed by atoms with van der Waals surface area (Å²) < 4.78 is 56.7. The van der Waals surface area contributed by atoms with Gasteiger partial charge in [-0.1, -0.05) is 13.1 Å². The van der Waals surface area contributed by atoms with Crippen LogP contribution < -0.4 is 19.7 Å². The van der Waals surface area contributed by atoms with E-state index in [9.17, 15) is 22.0 Å². The highest BCUT2D eigenvalue weighted by Gasteiger charge is 2.36. The molecule has 40 heavy (non-hydrogen) atoms. The van der Waals surface area contributed by atoms with Crippen LogP contribution in [0.2, 0.25) is 25.2 Å². The molecule has 220 valence electrons. The van der Waals surface area contributed by atoms with Crippen molar-refractivity contribution in [3.63, 3.8) is 0 Å². The first-order chi connectivity index (χ1) is 18.8. The van der Waals surface area contributed by atoms with Crippen molar-refractivity contribution < 1.29 is 27.1 Å². The number of aliphatic hydroxyl groups excluding tert-OH is 1. The van der Waals surface area contributed by atoms with Gasteiger partial charge in [0.05, 0.1) is 31.6 Å². The fourth-order valence-corrected chi connectivity index (χ4v) is 7.96. The van der Waals surface area contributed by atoms with Crippen molar-refractivity contribution in [1.82, 2.24) is 14.7 Å². The number of nitrogens with zero attached hydrogens (tertiary/aromatic N) is 3. The SMILES string of the molecule is Cc1cc(NC(=O)c2ccc(NS(=O)(=O)NCCO)cc2N2CC[Si](C)(C)CC2)nc(C2CCC(F)(F)CC2)n1. The lowest BCUT2D eigenvalue weighted by Crippen LogP contribution is -2.43. The summed E-state index contributed by atoms with van der Waals surface area (Å²) in [5.41, 5.74) is 1.88. The van der Waals surface area contributed by atoms with Crippen molar-refractivity contribution >= 4 is 41.4 Å². The van der Waals surface area contributed by atoms with E-state index in [1.54, 1.807) is 25.1 Å². The molecule has 2 aliphatic rings. The van der Waals surface area contributed by atoms with Gasteiger partial charge >= 0.3 is 0 Å². The first-order valence-electron chi connectivity index (χ1n) is 13.6. The van der Waals surface area contributed by atoms with E-state index in [1.807, 2.05) is 0 Å². The third-order valence-corrected chi connectivity index (χ3v) is 11.8. The number of carbonyl (C=O) groups is 1. The number of nitrogens with one attached hydrogen (secondary N) is 3. The van der Waals surface area contributed by atoms with Crippen LogP contribution in [0.5, 0.6) is 0 Å². The van der Waals surface area contributed by atoms with Crippen LogP contribution in [0.1, 0.15) is 53.5 Å². The minimum absolute atomic E-state index is 0.127. The fourth-order valence-electron chi connectivity index (χ4n) is 5.09. The zero-order valence-corrected chi connectivity index (χ0v) is 25.0. The van der Waals surface area contributed by atoms with Gasteiger partial charge in [-0.15, -0.1) is 0 Å². The molecule has 1 saturated heterocycles. The van der Waals surface area contributed by atoms with Crippen LogP contribution in [0, 0.1) is 6.92 Å². The number of halogens is 2. The number of aliphatic hydroxyl groups is 1. The standard InChI is InChI=1S/C26H38F2N6O4SSi/c1-18-16-23(31-24(30-18)19-6-8-26(27,28)9-7-19)32-25(36)21-5-4-20(33-39(37,38)29-10-13-35)17-22(21)34-11-14-40(2,3)15-12-34/h4-5,16-17,19,29,33,35H,6-15H2,1-3H3,(H,30,31,32,36). The normalized spacial score (nSPS) is 19.3. The number of aromatic nitrogens is 2. The number of benzene rings is 1. The predicted octanol–water partition coefficient (Wildman–Crippen LogP) is 4.10. The van der Waals surface area contributed by atoms with Crippen LogP contribution in [0.25, 0.3) is 0 Å².